The Balaban J connectivity index is 1.84. The van der Waals surface area contributed by atoms with Crippen LogP contribution < -0.4 is 9.62 Å². The quantitative estimate of drug-likeness (QED) is 0.631. The number of rotatable bonds is 7. The molecule has 3 aromatic carbocycles. The average molecular weight is 426 g/mol. The van der Waals surface area contributed by atoms with Crippen molar-refractivity contribution < 1.29 is 13.2 Å². The molecule has 0 atom stereocenters. The topological polar surface area (TPSA) is 69.7 Å². The lowest BCUT2D eigenvalue weighted by molar-refractivity contribution is -0.119. The van der Waals surface area contributed by atoms with Gasteiger partial charge in [0.1, 0.15) is 6.54 Å². The van der Waals surface area contributed by atoms with Gasteiger partial charge in [0.15, 0.2) is 0 Å². The third-order valence-electron chi connectivity index (χ3n) is 5.02. The molecule has 0 bridgehead atoms. The number of aryl methyl sites for hydroxylation is 2. The van der Waals surface area contributed by atoms with Crippen LogP contribution in [0.3, 0.4) is 0 Å². The highest BCUT2D eigenvalue weighted by Gasteiger charge is 2.28. The molecule has 1 amide bonds. The van der Waals surface area contributed by atoms with Crippen LogP contribution in [0.25, 0.3) is 10.8 Å². The smallest absolute Gasteiger partial charge is 0.304 e. The van der Waals surface area contributed by atoms with Crippen molar-refractivity contribution >= 4 is 32.6 Å². The summed E-state index contributed by atoms with van der Waals surface area (Å²) < 4.78 is 28.2. The first kappa shape index (κ1) is 21.8. The number of carbonyl (C=O) groups excluding carboxylic acids is 1. The van der Waals surface area contributed by atoms with E-state index in [0.717, 1.165) is 36.1 Å². The second kappa shape index (κ2) is 8.85. The molecule has 3 aromatic rings. The summed E-state index contributed by atoms with van der Waals surface area (Å²) in [5.41, 5.74) is 3.19. The minimum atomic E-state index is -3.84. The van der Waals surface area contributed by atoms with Crippen molar-refractivity contribution in [1.82, 2.24) is 9.62 Å². The highest BCUT2D eigenvalue weighted by Crippen LogP contribution is 2.25. The van der Waals surface area contributed by atoms with E-state index in [4.69, 9.17) is 0 Å². The molecule has 0 aliphatic heterocycles. The van der Waals surface area contributed by atoms with Crippen LogP contribution in [0, 0.1) is 13.8 Å². The summed E-state index contributed by atoms with van der Waals surface area (Å²) in [5.74, 6) is -0.366. The van der Waals surface area contributed by atoms with E-state index in [9.17, 15) is 13.2 Å². The van der Waals surface area contributed by atoms with Gasteiger partial charge in [-0.15, -0.1) is 0 Å². The summed E-state index contributed by atoms with van der Waals surface area (Å²) in [7, 11) is -0.919. The van der Waals surface area contributed by atoms with Gasteiger partial charge in [-0.1, -0.05) is 54.6 Å². The monoisotopic (exact) mass is 425 g/mol. The third kappa shape index (κ3) is 4.63. The van der Waals surface area contributed by atoms with E-state index in [1.807, 2.05) is 68.4 Å². The van der Waals surface area contributed by atoms with Crippen LogP contribution in [-0.2, 0) is 21.5 Å². The molecule has 0 aliphatic carbocycles. The minimum Gasteiger partial charge on any atom is -0.350 e. The number of nitrogens with zero attached hydrogens (tertiary/aromatic N) is 2. The number of hydrogen-bond donors (Lipinski definition) is 1. The Morgan fingerprint density at radius 1 is 0.967 bits per heavy atom. The molecule has 0 saturated carbocycles. The number of nitrogens with one attached hydrogen (secondary N) is 1. The Labute approximate surface area is 178 Å². The fourth-order valence-corrected chi connectivity index (χ4v) is 4.42. The number of anilines is 1. The lowest BCUT2D eigenvalue weighted by Crippen LogP contribution is -2.46. The molecule has 1 N–H and O–H groups in total. The normalized spacial score (nSPS) is 11.6. The van der Waals surface area contributed by atoms with Gasteiger partial charge >= 0.3 is 10.2 Å². The molecule has 0 saturated heterocycles. The first-order valence-electron chi connectivity index (χ1n) is 9.71. The van der Waals surface area contributed by atoms with E-state index in [-0.39, 0.29) is 12.5 Å². The molecule has 158 valence electrons. The second-order valence-electron chi connectivity index (χ2n) is 7.50. The first-order valence-corrected chi connectivity index (χ1v) is 11.1. The molecule has 3 rings (SSSR count). The van der Waals surface area contributed by atoms with E-state index in [2.05, 4.69) is 5.32 Å². The van der Waals surface area contributed by atoms with Gasteiger partial charge in [0.05, 0.1) is 5.69 Å². The van der Waals surface area contributed by atoms with Crippen LogP contribution in [0.1, 0.15) is 16.7 Å². The van der Waals surface area contributed by atoms with Crippen LogP contribution in [0.15, 0.2) is 60.7 Å². The molecular formula is C23H27N3O3S. The zero-order valence-electron chi connectivity index (χ0n) is 17.7. The summed E-state index contributed by atoms with van der Waals surface area (Å²) in [6.07, 6.45) is 0. The van der Waals surface area contributed by atoms with Crippen molar-refractivity contribution in [2.24, 2.45) is 0 Å². The zero-order valence-corrected chi connectivity index (χ0v) is 18.5. The molecule has 0 spiro atoms. The van der Waals surface area contributed by atoms with Gasteiger partial charge in [-0.3, -0.25) is 4.79 Å². The Bertz CT molecular complexity index is 1170. The Kier molecular flexibility index (Phi) is 6.43. The highest BCUT2D eigenvalue weighted by atomic mass is 32.2. The maximum absolute atomic E-state index is 13.0. The van der Waals surface area contributed by atoms with Crippen molar-refractivity contribution in [3.05, 3.63) is 77.4 Å². The van der Waals surface area contributed by atoms with Crippen LogP contribution in [-0.4, -0.2) is 39.3 Å². The molecule has 6 nitrogen and oxygen atoms in total. The zero-order chi connectivity index (χ0) is 21.9. The molecule has 0 heterocycles. The number of carbonyl (C=O) groups is 1. The molecule has 0 aliphatic rings. The van der Waals surface area contributed by atoms with Gasteiger partial charge in [-0.2, -0.15) is 12.7 Å². The maximum Gasteiger partial charge on any atom is 0.304 e. The lowest BCUT2D eigenvalue weighted by Gasteiger charge is -2.28. The number of hydrogen-bond acceptors (Lipinski definition) is 3. The molecule has 0 aromatic heterocycles. The van der Waals surface area contributed by atoms with Crippen molar-refractivity contribution in [1.29, 1.82) is 0 Å². The standard InChI is InChI=1S/C23H27N3O3S/c1-17-12-13-18(2)22(14-17)26(30(28,29)25(3)4)16-23(27)24-15-20-10-7-9-19-8-5-6-11-21(19)20/h5-14H,15-16H2,1-4H3,(H,24,27). The van der Waals surface area contributed by atoms with Crippen molar-refractivity contribution in [3.8, 4) is 0 Å². The molecule has 7 heteroatoms. The highest BCUT2D eigenvalue weighted by molar-refractivity contribution is 7.90. The van der Waals surface area contributed by atoms with Gasteiger partial charge in [0, 0.05) is 20.6 Å². The maximum atomic E-state index is 13.0. The van der Waals surface area contributed by atoms with E-state index < -0.39 is 10.2 Å². The van der Waals surface area contributed by atoms with Crippen LogP contribution in [0.5, 0.6) is 0 Å². The summed E-state index contributed by atoms with van der Waals surface area (Å²) in [4.78, 5) is 12.8. The van der Waals surface area contributed by atoms with Crippen molar-refractivity contribution in [2.45, 2.75) is 20.4 Å². The average Bonchev–Trinajstić information content (AvgIpc) is 2.72. The summed E-state index contributed by atoms with van der Waals surface area (Å²) in [5, 5.41) is 5.03. The Morgan fingerprint density at radius 2 is 1.67 bits per heavy atom. The number of fused-ring (bicyclic) bond motifs is 1. The largest absolute Gasteiger partial charge is 0.350 e. The first-order chi connectivity index (χ1) is 14.2. The molecule has 0 unspecified atom stereocenters. The van der Waals surface area contributed by atoms with E-state index in [0.29, 0.717) is 12.2 Å². The van der Waals surface area contributed by atoms with Crippen LogP contribution in [0.2, 0.25) is 0 Å². The van der Waals surface area contributed by atoms with Crippen molar-refractivity contribution in [2.75, 3.05) is 24.9 Å². The van der Waals surface area contributed by atoms with Gasteiger partial charge in [-0.05, 0) is 47.4 Å². The Morgan fingerprint density at radius 3 is 2.40 bits per heavy atom. The van der Waals surface area contributed by atoms with Crippen molar-refractivity contribution in [3.63, 3.8) is 0 Å². The van der Waals surface area contributed by atoms with Crippen LogP contribution >= 0.6 is 0 Å². The molecule has 0 radical (unpaired) electrons. The predicted octanol–water partition coefficient (Wildman–Crippen LogP) is 3.39. The summed E-state index contributed by atoms with van der Waals surface area (Å²) >= 11 is 0. The fourth-order valence-electron chi connectivity index (χ4n) is 3.30. The van der Waals surface area contributed by atoms with E-state index in [1.165, 1.54) is 14.1 Å². The Hall–Kier alpha value is -2.90. The lowest BCUT2D eigenvalue weighted by atomic mass is 10.0. The van der Waals surface area contributed by atoms with Gasteiger partial charge in [0.25, 0.3) is 0 Å². The molecule has 30 heavy (non-hydrogen) atoms. The second-order valence-corrected chi connectivity index (χ2v) is 9.57. The molecular weight excluding hydrogens is 398 g/mol. The number of amides is 1. The summed E-state index contributed by atoms with van der Waals surface area (Å²) in [6.45, 7) is 3.75. The third-order valence-corrected chi connectivity index (χ3v) is 6.82. The van der Waals surface area contributed by atoms with E-state index in [1.54, 1.807) is 6.07 Å². The number of benzene rings is 3. The van der Waals surface area contributed by atoms with Gasteiger partial charge < -0.3 is 5.32 Å². The van der Waals surface area contributed by atoms with E-state index >= 15 is 0 Å². The van der Waals surface area contributed by atoms with Gasteiger partial charge in [0.2, 0.25) is 5.91 Å². The summed E-state index contributed by atoms with van der Waals surface area (Å²) in [6, 6.07) is 19.4. The SMILES string of the molecule is Cc1ccc(C)c(N(CC(=O)NCc2cccc3ccccc23)S(=O)(=O)N(C)C)c1. The molecule has 0 fully saturated rings. The minimum absolute atomic E-state index is 0.296. The van der Waals surface area contributed by atoms with Crippen LogP contribution in [0.4, 0.5) is 5.69 Å². The fraction of sp³-hybridized carbons (Fsp3) is 0.261. The predicted molar refractivity (Wildman–Crippen MR) is 122 cm³/mol. The van der Waals surface area contributed by atoms with Gasteiger partial charge in [-0.25, -0.2) is 4.31 Å².